The van der Waals surface area contributed by atoms with E-state index in [4.69, 9.17) is 4.74 Å². The minimum Gasteiger partial charge on any atom is -0.381 e. The number of nitrogens with zero attached hydrogens (tertiary/aromatic N) is 2. The van der Waals surface area contributed by atoms with Crippen molar-refractivity contribution in [2.75, 3.05) is 7.11 Å². The van der Waals surface area contributed by atoms with Crippen LogP contribution in [0.1, 0.15) is 51.0 Å². The molecular weight excluding hydrogens is 280 g/mol. The molecule has 3 rings (SSSR count). The van der Waals surface area contributed by atoms with Gasteiger partial charge in [0, 0.05) is 25.5 Å². The number of carbonyl (C=O) groups excluding carboxylic acids is 1. The second-order valence-electron chi connectivity index (χ2n) is 6.43. The lowest BCUT2D eigenvalue weighted by Crippen LogP contribution is -2.49. The van der Waals surface area contributed by atoms with E-state index in [9.17, 15) is 4.79 Å². The van der Waals surface area contributed by atoms with Crippen LogP contribution in [0.2, 0.25) is 0 Å². The molecular formula is C16H26N4O2. The van der Waals surface area contributed by atoms with Crippen LogP contribution in [-0.2, 0) is 4.74 Å². The lowest BCUT2D eigenvalue weighted by molar-refractivity contribution is 0.107. The zero-order valence-corrected chi connectivity index (χ0v) is 13.2. The molecule has 1 aromatic rings. The molecule has 0 bridgehead atoms. The monoisotopic (exact) mass is 306 g/mol. The number of methoxy groups -OCH3 is 1. The molecule has 2 amide bonds. The minimum atomic E-state index is -0.0502. The van der Waals surface area contributed by atoms with Gasteiger partial charge in [0.1, 0.15) is 0 Å². The number of carbonyl (C=O) groups is 1. The number of nitrogens with one attached hydrogen (secondary N) is 2. The SMILES string of the molecule is CO[C@@H]1CC[C@H](NC(=O)N[C@H]2CCCC[C@@H]2n2cccn2)C1. The third-order valence-corrected chi connectivity index (χ3v) is 4.96. The molecule has 2 aliphatic carbocycles. The molecule has 0 radical (unpaired) electrons. The van der Waals surface area contributed by atoms with Crippen LogP contribution in [0.4, 0.5) is 4.79 Å². The molecule has 0 saturated heterocycles. The first-order chi connectivity index (χ1) is 10.8. The van der Waals surface area contributed by atoms with E-state index < -0.39 is 0 Å². The molecule has 1 aromatic heterocycles. The average molecular weight is 306 g/mol. The average Bonchev–Trinajstić information content (AvgIpc) is 3.19. The van der Waals surface area contributed by atoms with E-state index in [1.54, 1.807) is 13.3 Å². The smallest absolute Gasteiger partial charge is 0.315 e. The van der Waals surface area contributed by atoms with Crippen LogP contribution in [-0.4, -0.2) is 41.1 Å². The van der Waals surface area contributed by atoms with Crippen molar-refractivity contribution in [3.8, 4) is 0 Å². The summed E-state index contributed by atoms with van der Waals surface area (Å²) >= 11 is 0. The highest BCUT2D eigenvalue weighted by molar-refractivity contribution is 5.74. The largest absolute Gasteiger partial charge is 0.381 e. The van der Waals surface area contributed by atoms with Crippen LogP contribution >= 0.6 is 0 Å². The summed E-state index contributed by atoms with van der Waals surface area (Å²) in [6.45, 7) is 0. The fraction of sp³-hybridized carbons (Fsp3) is 0.750. The lowest BCUT2D eigenvalue weighted by Gasteiger charge is -2.32. The highest BCUT2D eigenvalue weighted by Gasteiger charge is 2.30. The maximum absolute atomic E-state index is 12.3. The van der Waals surface area contributed by atoms with Gasteiger partial charge in [-0.25, -0.2) is 4.79 Å². The molecule has 2 fully saturated rings. The summed E-state index contributed by atoms with van der Waals surface area (Å²) < 4.78 is 7.34. The number of hydrogen-bond donors (Lipinski definition) is 2. The van der Waals surface area contributed by atoms with E-state index in [1.165, 1.54) is 6.42 Å². The van der Waals surface area contributed by atoms with E-state index in [-0.39, 0.29) is 30.3 Å². The molecule has 1 heterocycles. The van der Waals surface area contributed by atoms with Gasteiger partial charge in [-0.3, -0.25) is 4.68 Å². The van der Waals surface area contributed by atoms with Crippen molar-refractivity contribution < 1.29 is 9.53 Å². The second-order valence-corrected chi connectivity index (χ2v) is 6.43. The summed E-state index contributed by atoms with van der Waals surface area (Å²) in [5, 5.41) is 10.6. The van der Waals surface area contributed by atoms with E-state index in [0.29, 0.717) is 0 Å². The lowest BCUT2D eigenvalue weighted by atomic mass is 9.90. The predicted octanol–water partition coefficient (Wildman–Crippen LogP) is 2.23. The Bertz CT molecular complexity index is 477. The van der Waals surface area contributed by atoms with Gasteiger partial charge in [-0.2, -0.15) is 5.10 Å². The van der Waals surface area contributed by atoms with Gasteiger partial charge >= 0.3 is 6.03 Å². The molecule has 2 N–H and O–H groups in total. The number of hydrogen-bond acceptors (Lipinski definition) is 3. The van der Waals surface area contributed by atoms with Crippen LogP contribution in [0.5, 0.6) is 0 Å². The quantitative estimate of drug-likeness (QED) is 0.896. The molecule has 22 heavy (non-hydrogen) atoms. The second kappa shape index (κ2) is 7.13. The van der Waals surface area contributed by atoms with E-state index in [0.717, 1.165) is 38.5 Å². The number of aromatic nitrogens is 2. The van der Waals surface area contributed by atoms with Crippen LogP contribution in [0, 0.1) is 0 Å². The summed E-state index contributed by atoms with van der Waals surface area (Å²) in [5.74, 6) is 0. The van der Waals surface area contributed by atoms with Crippen molar-refractivity contribution in [2.45, 2.75) is 69.2 Å². The molecule has 2 aliphatic rings. The molecule has 6 nitrogen and oxygen atoms in total. The fourth-order valence-electron chi connectivity index (χ4n) is 3.75. The Morgan fingerprint density at radius 3 is 2.82 bits per heavy atom. The molecule has 0 aromatic carbocycles. The zero-order chi connectivity index (χ0) is 15.4. The maximum Gasteiger partial charge on any atom is 0.315 e. The number of amides is 2. The molecule has 2 saturated carbocycles. The molecule has 0 unspecified atom stereocenters. The van der Waals surface area contributed by atoms with Gasteiger partial charge in [0.2, 0.25) is 0 Å². The van der Waals surface area contributed by atoms with Crippen LogP contribution in [0.15, 0.2) is 18.5 Å². The first-order valence-electron chi connectivity index (χ1n) is 8.35. The Kier molecular flexibility index (Phi) is 4.97. The normalized spacial score (nSPS) is 31.9. The number of urea groups is 1. The zero-order valence-electron chi connectivity index (χ0n) is 13.2. The topological polar surface area (TPSA) is 68.2 Å². The van der Waals surface area contributed by atoms with Gasteiger partial charge in [-0.1, -0.05) is 12.8 Å². The van der Waals surface area contributed by atoms with Crippen molar-refractivity contribution in [2.24, 2.45) is 0 Å². The van der Waals surface area contributed by atoms with Crippen LogP contribution in [0.3, 0.4) is 0 Å². The van der Waals surface area contributed by atoms with Crippen molar-refractivity contribution in [3.63, 3.8) is 0 Å². The predicted molar refractivity (Wildman–Crippen MR) is 83.6 cm³/mol. The van der Waals surface area contributed by atoms with Gasteiger partial charge in [-0.05, 0) is 38.2 Å². The van der Waals surface area contributed by atoms with Gasteiger partial charge in [-0.15, -0.1) is 0 Å². The van der Waals surface area contributed by atoms with Crippen LogP contribution in [0.25, 0.3) is 0 Å². The fourth-order valence-corrected chi connectivity index (χ4v) is 3.75. The van der Waals surface area contributed by atoms with Crippen LogP contribution < -0.4 is 10.6 Å². The third kappa shape index (κ3) is 3.61. The summed E-state index contributed by atoms with van der Waals surface area (Å²) in [6.07, 6.45) is 11.5. The highest BCUT2D eigenvalue weighted by Crippen LogP contribution is 2.28. The number of ether oxygens (including phenoxy) is 1. The van der Waals surface area contributed by atoms with Crippen molar-refractivity contribution in [3.05, 3.63) is 18.5 Å². The Morgan fingerprint density at radius 2 is 2.09 bits per heavy atom. The molecule has 122 valence electrons. The van der Waals surface area contributed by atoms with Gasteiger partial charge in [0.15, 0.2) is 0 Å². The Balaban J connectivity index is 1.53. The summed E-state index contributed by atoms with van der Waals surface area (Å²) in [7, 11) is 1.74. The standard InChI is InChI=1S/C16H26N4O2/c1-22-13-8-7-12(11-13)18-16(21)19-14-5-2-3-6-15(14)20-10-4-9-17-20/h4,9-10,12-15H,2-3,5-8,11H2,1H3,(H2,18,19,21)/t12-,13+,14-,15-/m0/s1. The number of rotatable bonds is 4. The van der Waals surface area contributed by atoms with E-state index in [2.05, 4.69) is 15.7 Å². The molecule has 6 heteroatoms. The summed E-state index contributed by atoms with van der Waals surface area (Å²) in [5.41, 5.74) is 0. The Labute approximate surface area is 131 Å². The Hall–Kier alpha value is -1.56. The first-order valence-corrected chi connectivity index (χ1v) is 8.35. The minimum absolute atomic E-state index is 0.0502. The maximum atomic E-state index is 12.3. The summed E-state index contributed by atoms with van der Waals surface area (Å²) in [6, 6.07) is 2.55. The van der Waals surface area contributed by atoms with E-state index >= 15 is 0 Å². The Morgan fingerprint density at radius 1 is 1.23 bits per heavy atom. The third-order valence-electron chi connectivity index (χ3n) is 4.96. The van der Waals surface area contributed by atoms with E-state index in [1.807, 2.05) is 16.9 Å². The molecule has 0 aliphatic heterocycles. The van der Waals surface area contributed by atoms with Gasteiger partial charge in [0.25, 0.3) is 0 Å². The van der Waals surface area contributed by atoms with Crippen molar-refractivity contribution >= 4 is 6.03 Å². The molecule has 4 atom stereocenters. The van der Waals surface area contributed by atoms with Gasteiger partial charge < -0.3 is 15.4 Å². The molecule has 0 spiro atoms. The summed E-state index contributed by atoms with van der Waals surface area (Å²) in [4.78, 5) is 12.3. The highest BCUT2D eigenvalue weighted by atomic mass is 16.5. The first kappa shape index (κ1) is 15.3. The van der Waals surface area contributed by atoms with Crippen molar-refractivity contribution in [1.82, 2.24) is 20.4 Å². The van der Waals surface area contributed by atoms with Crippen molar-refractivity contribution in [1.29, 1.82) is 0 Å². The van der Waals surface area contributed by atoms with Gasteiger partial charge in [0.05, 0.1) is 18.2 Å².